The molecule has 7 nitrogen and oxygen atoms in total. The van der Waals surface area contributed by atoms with E-state index in [1.165, 1.54) is 9.71 Å². The average molecular weight is 456 g/mol. The molecule has 172 valence electrons. The van der Waals surface area contributed by atoms with Crippen LogP contribution in [0.25, 0.3) is 10.2 Å². The summed E-state index contributed by atoms with van der Waals surface area (Å²) >= 11 is 1.82. The summed E-state index contributed by atoms with van der Waals surface area (Å²) in [4.78, 5) is 38.5. The molecule has 3 saturated heterocycles. The number of hydrogen-bond acceptors (Lipinski definition) is 6. The lowest BCUT2D eigenvalue weighted by Gasteiger charge is -2.37. The Bertz CT molecular complexity index is 908. The van der Waals surface area contributed by atoms with E-state index in [1.807, 2.05) is 27.2 Å². The van der Waals surface area contributed by atoms with Crippen LogP contribution in [0.1, 0.15) is 36.6 Å². The number of piperidine rings is 1. The summed E-state index contributed by atoms with van der Waals surface area (Å²) in [6.45, 7) is 7.80. The molecule has 4 heterocycles. The Morgan fingerprint density at radius 3 is 2.06 bits per heavy atom. The van der Waals surface area contributed by atoms with Gasteiger partial charge in [0.05, 0.1) is 28.3 Å². The summed E-state index contributed by atoms with van der Waals surface area (Å²) < 4.78 is 1.27. The van der Waals surface area contributed by atoms with Crippen molar-refractivity contribution in [3.63, 3.8) is 0 Å². The summed E-state index contributed by atoms with van der Waals surface area (Å²) in [5.74, 6) is 0.989. The fourth-order valence-electron chi connectivity index (χ4n) is 5.11. The molecule has 2 amide bonds. The highest BCUT2D eigenvalue weighted by Gasteiger charge is 2.28. The van der Waals surface area contributed by atoms with Crippen LogP contribution >= 0.6 is 11.3 Å². The number of piperazine rings is 1. The van der Waals surface area contributed by atoms with E-state index in [2.05, 4.69) is 28.0 Å². The highest BCUT2D eigenvalue weighted by molar-refractivity contribution is 7.18. The number of aromatic nitrogens is 1. The SMILES string of the molecule is O=C(CN1CCN(C(=O)CN2CCC(c3nc4ccccc4s3)CC2)CC1)N1CCCC1. The Morgan fingerprint density at radius 2 is 1.41 bits per heavy atom. The fraction of sp³-hybridized carbons (Fsp3) is 0.625. The summed E-state index contributed by atoms with van der Waals surface area (Å²) in [5.41, 5.74) is 1.10. The second-order valence-electron chi connectivity index (χ2n) is 9.32. The number of likely N-dealkylation sites (tertiary alicyclic amines) is 2. The fourth-order valence-corrected chi connectivity index (χ4v) is 6.24. The van der Waals surface area contributed by atoms with E-state index in [0.29, 0.717) is 19.0 Å². The molecule has 0 bridgehead atoms. The molecule has 3 fully saturated rings. The first-order valence-corrected chi connectivity index (χ1v) is 12.8. The lowest BCUT2D eigenvalue weighted by molar-refractivity contribution is -0.135. The molecule has 3 aliphatic heterocycles. The van der Waals surface area contributed by atoms with Crippen LogP contribution in [0.2, 0.25) is 0 Å². The standard InChI is InChI=1S/C24H33N5O2S/c30-22(28-9-3-4-10-28)18-27-13-15-29(16-14-27)23(31)17-26-11-7-19(8-12-26)24-25-20-5-1-2-6-21(20)32-24/h1-2,5-6,19H,3-4,7-18H2. The van der Waals surface area contributed by atoms with Crippen molar-refractivity contribution in [1.29, 1.82) is 0 Å². The molecule has 0 atom stereocenters. The van der Waals surface area contributed by atoms with Crippen molar-refractivity contribution in [3.8, 4) is 0 Å². The van der Waals surface area contributed by atoms with Crippen LogP contribution in [-0.2, 0) is 9.59 Å². The Hall–Kier alpha value is -2.03. The monoisotopic (exact) mass is 455 g/mol. The molecule has 1 aromatic heterocycles. The minimum absolute atomic E-state index is 0.231. The molecule has 5 rings (SSSR count). The van der Waals surface area contributed by atoms with E-state index >= 15 is 0 Å². The van der Waals surface area contributed by atoms with Crippen LogP contribution in [0.3, 0.4) is 0 Å². The Balaban J connectivity index is 1.04. The number of thiazole rings is 1. The third-order valence-corrected chi connectivity index (χ3v) is 8.35. The van der Waals surface area contributed by atoms with Gasteiger partial charge in [0.15, 0.2) is 0 Å². The third kappa shape index (κ3) is 4.97. The van der Waals surface area contributed by atoms with Gasteiger partial charge in [0.25, 0.3) is 0 Å². The van der Waals surface area contributed by atoms with Gasteiger partial charge in [-0.15, -0.1) is 11.3 Å². The lowest BCUT2D eigenvalue weighted by atomic mass is 9.97. The van der Waals surface area contributed by atoms with E-state index in [-0.39, 0.29) is 11.8 Å². The van der Waals surface area contributed by atoms with Crippen molar-refractivity contribution in [2.24, 2.45) is 0 Å². The number of rotatable bonds is 5. The molecule has 32 heavy (non-hydrogen) atoms. The minimum atomic E-state index is 0.231. The zero-order chi connectivity index (χ0) is 21.9. The molecule has 0 radical (unpaired) electrons. The molecular weight excluding hydrogens is 422 g/mol. The molecule has 0 spiro atoms. The predicted molar refractivity (Wildman–Crippen MR) is 127 cm³/mol. The Morgan fingerprint density at radius 1 is 0.812 bits per heavy atom. The van der Waals surface area contributed by atoms with Crippen molar-refractivity contribution >= 4 is 33.4 Å². The first-order chi connectivity index (χ1) is 15.7. The van der Waals surface area contributed by atoms with Crippen molar-refractivity contribution in [2.45, 2.75) is 31.6 Å². The Kier molecular flexibility index (Phi) is 6.71. The molecule has 8 heteroatoms. The van der Waals surface area contributed by atoms with Gasteiger partial charge < -0.3 is 9.80 Å². The molecule has 0 unspecified atom stereocenters. The highest BCUT2D eigenvalue weighted by Crippen LogP contribution is 2.33. The number of amides is 2. The molecule has 2 aromatic rings. The van der Waals surface area contributed by atoms with Crippen molar-refractivity contribution in [1.82, 2.24) is 24.6 Å². The quantitative estimate of drug-likeness (QED) is 0.692. The normalized spacial score (nSPS) is 21.5. The number of benzene rings is 1. The largest absolute Gasteiger partial charge is 0.342 e. The molecule has 3 aliphatic rings. The number of hydrogen-bond donors (Lipinski definition) is 0. The van der Waals surface area contributed by atoms with Crippen LogP contribution in [0, 0.1) is 0 Å². The lowest BCUT2D eigenvalue weighted by Crippen LogP contribution is -2.53. The van der Waals surface area contributed by atoms with Crippen molar-refractivity contribution in [3.05, 3.63) is 29.3 Å². The van der Waals surface area contributed by atoms with Crippen molar-refractivity contribution < 1.29 is 9.59 Å². The number of carbonyl (C=O) groups is 2. The number of fused-ring (bicyclic) bond motifs is 1. The molecule has 0 N–H and O–H groups in total. The van der Waals surface area contributed by atoms with Crippen LogP contribution < -0.4 is 0 Å². The van der Waals surface area contributed by atoms with Gasteiger partial charge >= 0.3 is 0 Å². The summed E-state index contributed by atoms with van der Waals surface area (Å²) in [6.07, 6.45) is 4.40. The summed E-state index contributed by atoms with van der Waals surface area (Å²) in [5, 5.41) is 1.25. The zero-order valence-corrected chi connectivity index (χ0v) is 19.6. The van der Waals surface area contributed by atoms with E-state index in [1.54, 1.807) is 0 Å². The van der Waals surface area contributed by atoms with Gasteiger partial charge in [-0.1, -0.05) is 12.1 Å². The maximum Gasteiger partial charge on any atom is 0.236 e. The van der Waals surface area contributed by atoms with Gasteiger partial charge in [0.2, 0.25) is 11.8 Å². The minimum Gasteiger partial charge on any atom is -0.342 e. The van der Waals surface area contributed by atoms with Crippen LogP contribution in [0.4, 0.5) is 0 Å². The van der Waals surface area contributed by atoms with E-state index in [4.69, 9.17) is 4.98 Å². The molecule has 1 aromatic carbocycles. The number of para-hydroxylation sites is 1. The first kappa shape index (κ1) is 21.8. The predicted octanol–water partition coefficient (Wildman–Crippen LogP) is 2.24. The number of carbonyl (C=O) groups excluding carboxylic acids is 2. The molecule has 0 aliphatic carbocycles. The van der Waals surface area contributed by atoms with Gasteiger partial charge in [-0.05, 0) is 50.9 Å². The topological polar surface area (TPSA) is 60.0 Å². The summed E-state index contributed by atoms with van der Waals surface area (Å²) in [7, 11) is 0. The maximum atomic E-state index is 12.9. The third-order valence-electron chi connectivity index (χ3n) is 7.15. The second-order valence-corrected chi connectivity index (χ2v) is 10.4. The van der Waals surface area contributed by atoms with Gasteiger partial charge in [-0.25, -0.2) is 4.98 Å². The average Bonchev–Trinajstić information content (AvgIpc) is 3.50. The van der Waals surface area contributed by atoms with E-state index in [0.717, 1.165) is 83.6 Å². The molecular formula is C24H33N5O2S. The van der Waals surface area contributed by atoms with Gasteiger partial charge in [0, 0.05) is 45.2 Å². The first-order valence-electron chi connectivity index (χ1n) is 12.0. The second kappa shape index (κ2) is 9.85. The Labute approximate surface area is 194 Å². The van der Waals surface area contributed by atoms with Gasteiger partial charge in [-0.2, -0.15) is 0 Å². The van der Waals surface area contributed by atoms with E-state index in [9.17, 15) is 9.59 Å². The maximum absolute atomic E-state index is 12.9. The van der Waals surface area contributed by atoms with Crippen LogP contribution in [0.5, 0.6) is 0 Å². The summed E-state index contributed by atoms with van der Waals surface area (Å²) in [6, 6.07) is 8.35. The van der Waals surface area contributed by atoms with Gasteiger partial charge in [-0.3, -0.25) is 19.4 Å². The van der Waals surface area contributed by atoms with Gasteiger partial charge in [0.1, 0.15) is 0 Å². The zero-order valence-electron chi connectivity index (χ0n) is 18.7. The molecule has 0 saturated carbocycles. The van der Waals surface area contributed by atoms with Crippen LogP contribution in [-0.4, -0.2) is 102 Å². The van der Waals surface area contributed by atoms with E-state index < -0.39 is 0 Å². The smallest absolute Gasteiger partial charge is 0.236 e. The highest BCUT2D eigenvalue weighted by atomic mass is 32.1. The van der Waals surface area contributed by atoms with Crippen molar-refractivity contribution in [2.75, 3.05) is 65.4 Å². The van der Waals surface area contributed by atoms with Crippen LogP contribution in [0.15, 0.2) is 24.3 Å². The number of nitrogens with zero attached hydrogens (tertiary/aromatic N) is 5.